The van der Waals surface area contributed by atoms with Gasteiger partial charge in [0.1, 0.15) is 5.66 Å². The van der Waals surface area contributed by atoms with Crippen molar-refractivity contribution in [3.05, 3.63) is 34.3 Å². The van der Waals surface area contributed by atoms with Crippen molar-refractivity contribution in [2.75, 3.05) is 0 Å². The van der Waals surface area contributed by atoms with Crippen molar-refractivity contribution in [1.82, 2.24) is 16.2 Å². The molecule has 0 fully saturated rings. The minimum atomic E-state index is -0.889. The summed E-state index contributed by atoms with van der Waals surface area (Å²) in [4.78, 5) is 23.7. The second-order valence-electron chi connectivity index (χ2n) is 6.47. The summed E-state index contributed by atoms with van der Waals surface area (Å²) >= 11 is 3.29. The lowest BCUT2D eigenvalue weighted by Gasteiger charge is -2.22. The number of azo groups is 1. The van der Waals surface area contributed by atoms with Gasteiger partial charge in [-0.1, -0.05) is 15.9 Å². The molecule has 1 aromatic carbocycles. The lowest BCUT2D eigenvalue weighted by molar-refractivity contribution is 0.0935. The van der Waals surface area contributed by atoms with Gasteiger partial charge in [0.05, 0.1) is 5.54 Å². The SMILES string of the molecule is CC(C)(C)/N=N/C(C)(C)NC(=O)NNC(=O)c1ccc(Br)cc1. The van der Waals surface area contributed by atoms with Gasteiger partial charge in [-0.15, -0.1) is 0 Å². The second-order valence-corrected chi connectivity index (χ2v) is 7.39. The van der Waals surface area contributed by atoms with E-state index in [0.717, 1.165) is 4.47 Å². The molecule has 0 saturated heterocycles. The van der Waals surface area contributed by atoms with E-state index in [1.54, 1.807) is 38.1 Å². The van der Waals surface area contributed by atoms with Crippen molar-refractivity contribution >= 4 is 27.9 Å². The fourth-order valence-electron chi connectivity index (χ4n) is 1.40. The van der Waals surface area contributed by atoms with Gasteiger partial charge in [-0.3, -0.25) is 10.2 Å². The monoisotopic (exact) mass is 383 g/mol. The molecule has 0 radical (unpaired) electrons. The molecule has 7 nitrogen and oxygen atoms in total. The van der Waals surface area contributed by atoms with Crippen molar-refractivity contribution < 1.29 is 9.59 Å². The molecule has 0 aliphatic rings. The molecule has 126 valence electrons. The Kier molecular flexibility index (Phi) is 6.26. The number of hydrogen-bond donors (Lipinski definition) is 3. The Labute approximate surface area is 144 Å². The molecule has 0 heterocycles. The predicted octanol–water partition coefficient (Wildman–Crippen LogP) is 3.38. The van der Waals surface area contributed by atoms with E-state index in [0.29, 0.717) is 5.56 Å². The van der Waals surface area contributed by atoms with Gasteiger partial charge in [-0.05, 0) is 58.9 Å². The Morgan fingerprint density at radius 3 is 2.04 bits per heavy atom. The van der Waals surface area contributed by atoms with Gasteiger partial charge in [-0.25, -0.2) is 10.2 Å². The van der Waals surface area contributed by atoms with Crippen LogP contribution in [-0.4, -0.2) is 23.1 Å². The first kappa shape index (κ1) is 19.1. The second kappa shape index (κ2) is 7.54. The van der Waals surface area contributed by atoms with E-state index >= 15 is 0 Å². The molecule has 0 saturated carbocycles. The van der Waals surface area contributed by atoms with Crippen LogP contribution in [0.4, 0.5) is 4.79 Å². The first-order valence-electron chi connectivity index (χ1n) is 7.07. The van der Waals surface area contributed by atoms with E-state index in [-0.39, 0.29) is 5.54 Å². The first-order valence-corrected chi connectivity index (χ1v) is 7.86. The number of amides is 3. The zero-order valence-corrected chi connectivity index (χ0v) is 15.5. The van der Waals surface area contributed by atoms with Crippen LogP contribution < -0.4 is 16.2 Å². The van der Waals surface area contributed by atoms with Crippen LogP contribution in [0, 0.1) is 0 Å². The Hall–Kier alpha value is -1.96. The van der Waals surface area contributed by atoms with E-state index in [1.165, 1.54) is 0 Å². The Bertz CT molecular complexity index is 591. The summed E-state index contributed by atoms with van der Waals surface area (Å²) in [6.45, 7) is 9.14. The molecule has 0 atom stereocenters. The summed E-state index contributed by atoms with van der Waals surface area (Å²) in [6, 6.07) is 6.19. The van der Waals surface area contributed by atoms with Crippen LogP contribution in [0.3, 0.4) is 0 Å². The van der Waals surface area contributed by atoms with Gasteiger partial charge < -0.3 is 5.32 Å². The van der Waals surface area contributed by atoms with Crippen LogP contribution in [0.5, 0.6) is 0 Å². The number of hydrazine groups is 1. The fourth-order valence-corrected chi connectivity index (χ4v) is 1.66. The highest BCUT2D eigenvalue weighted by molar-refractivity contribution is 9.10. The summed E-state index contributed by atoms with van der Waals surface area (Å²) in [5.41, 5.74) is 3.82. The van der Waals surface area contributed by atoms with Crippen LogP contribution in [0.25, 0.3) is 0 Å². The Balaban J connectivity index is 2.52. The smallest absolute Gasteiger partial charge is 0.311 e. The number of carbonyl (C=O) groups is 2. The van der Waals surface area contributed by atoms with Gasteiger partial charge in [-0.2, -0.15) is 10.2 Å². The fraction of sp³-hybridized carbons (Fsp3) is 0.467. The molecule has 3 N–H and O–H groups in total. The third-order valence-corrected chi connectivity index (χ3v) is 2.94. The number of urea groups is 1. The lowest BCUT2D eigenvalue weighted by Crippen LogP contribution is -2.52. The maximum absolute atomic E-state index is 11.9. The van der Waals surface area contributed by atoms with E-state index in [4.69, 9.17) is 0 Å². The first-order chi connectivity index (χ1) is 10.5. The molecule has 0 bridgehead atoms. The van der Waals surface area contributed by atoms with E-state index < -0.39 is 17.6 Å². The molecule has 0 aliphatic carbocycles. The van der Waals surface area contributed by atoms with Gasteiger partial charge in [0.25, 0.3) is 5.91 Å². The summed E-state index contributed by atoms with van der Waals surface area (Å²) in [5.74, 6) is -0.415. The number of hydrogen-bond acceptors (Lipinski definition) is 4. The minimum Gasteiger partial charge on any atom is -0.311 e. The topological polar surface area (TPSA) is 94.9 Å². The lowest BCUT2D eigenvalue weighted by atomic mass is 10.1. The number of nitrogens with zero attached hydrogens (tertiary/aromatic N) is 2. The van der Waals surface area contributed by atoms with Crippen molar-refractivity contribution in [3.63, 3.8) is 0 Å². The molecule has 23 heavy (non-hydrogen) atoms. The zero-order chi connectivity index (χ0) is 17.7. The third kappa shape index (κ3) is 7.73. The molecular formula is C15H22BrN5O2. The van der Waals surface area contributed by atoms with Crippen LogP contribution in [-0.2, 0) is 0 Å². The highest BCUT2D eigenvalue weighted by Crippen LogP contribution is 2.12. The van der Waals surface area contributed by atoms with Crippen molar-refractivity contribution in [1.29, 1.82) is 0 Å². The molecule has 0 unspecified atom stereocenters. The van der Waals surface area contributed by atoms with E-state index in [1.807, 2.05) is 20.8 Å². The van der Waals surface area contributed by atoms with Gasteiger partial charge >= 0.3 is 6.03 Å². The van der Waals surface area contributed by atoms with Crippen molar-refractivity contribution in [2.24, 2.45) is 10.2 Å². The third-order valence-electron chi connectivity index (χ3n) is 2.42. The molecule has 0 aromatic heterocycles. The Morgan fingerprint density at radius 2 is 1.52 bits per heavy atom. The summed E-state index contributed by atoms with van der Waals surface area (Å²) in [5, 5.41) is 10.8. The van der Waals surface area contributed by atoms with Gasteiger partial charge in [0.15, 0.2) is 0 Å². The average Bonchev–Trinajstić information content (AvgIpc) is 2.42. The standard InChI is InChI=1S/C15H22BrN5O2/c1-14(2,3)20-21-15(4,5)17-13(23)19-18-12(22)10-6-8-11(16)9-7-10/h6-9H,1-5H3,(H,18,22)(H2,17,19,23)/b21-20+. The molecule has 3 amide bonds. The number of halogens is 1. The quantitative estimate of drug-likeness (QED) is 0.550. The van der Waals surface area contributed by atoms with Crippen molar-refractivity contribution in [3.8, 4) is 0 Å². The molecule has 1 rings (SSSR count). The van der Waals surface area contributed by atoms with Gasteiger partial charge in [0, 0.05) is 10.0 Å². The van der Waals surface area contributed by atoms with E-state index in [2.05, 4.69) is 42.3 Å². The Morgan fingerprint density at radius 1 is 0.957 bits per heavy atom. The van der Waals surface area contributed by atoms with Crippen molar-refractivity contribution in [2.45, 2.75) is 45.8 Å². The van der Waals surface area contributed by atoms with E-state index in [9.17, 15) is 9.59 Å². The maximum atomic E-state index is 11.9. The largest absolute Gasteiger partial charge is 0.335 e. The molecule has 1 aromatic rings. The number of benzene rings is 1. The van der Waals surface area contributed by atoms with Gasteiger partial charge in [0.2, 0.25) is 0 Å². The summed E-state index contributed by atoms with van der Waals surface area (Å²) < 4.78 is 0.866. The predicted molar refractivity (Wildman–Crippen MR) is 92.0 cm³/mol. The zero-order valence-electron chi connectivity index (χ0n) is 13.9. The normalized spacial score (nSPS) is 12.1. The summed E-state index contributed by atoms with van der Waals surface area (Å²) in [7, 11) is 0. The maximum Gasteiger partial charge on any atom is 0.335 e. The number of carbonyl (C=O) groups excluding carboxylic acids is 2. The van der Waals surface area contributed by atoms with Crippen LogP contribution in [0.15, 0.2) is 39.0 Å². The van der Waals surface area contributed by atoms with Crippen LogP contribution >= 0.6 is 15.9 Å². The summed E-state index contributed by atoms with van der Waals surface area (Å²) in [6.07, 6.45) is 0. The molecular weight excluding hydrogens is 362 g/mol. The highest BCUT2D eigenvalue weighted by atomic mass is 79.9. The minimum absolute atomic E-state index is 0.328. The molecule has 0 spiro atoms. The highest BCUT2D eigenvalue weighted by Gasteiger charge is 2.21. The number of nitrogens with one attached hydrogen (secondary N) is 3. The van der Waals surface area contributed by atoms with Crippen LogP contribution in [0.2, 0.25) is 0 Å². The van der Waals surface area contributed by atoms with Crippen LogP contribution in [0.1, 0.15) is 45.0 Å². The molecule has 8 heteroatoms. The average molecular weight is 384 g/mol. The number of rotatable bonds is 3. The molecule has 0 aliphatic heterocycles.